The predicted octanol–water partition coefficient (Wildman–Crippen LogP) is 5.69. The molecule has 0 aliphatic heterocycles. The van der Waals surface area contributed by atoms with Crippen LogP contribution in [0.2, 0.25) is 0 Å². The molecular weight excluding hydrogens is 408 g/mol. The molecule has 0 aromatic rings. The molecular formula is C25H60N2O3S. The third kappa shape index (κ3) is 58.7. The number of aliphatic hydroxyl groups excluding tert-OH is 2. The summed E-state index contributed by atoms with van der Waals surface area (Å²) in [7, 11) is 1.95. The average molecular weight is 469 g/mol. The Hall–Kier alpha value is -0.300. The highest BCUT2D eigenvalue weighted by molar-refractivity contribution is 7.81. The summed E-state index contributed by atoms with van der Waals surface area (Å²) in [6.07, 6.45) is 3.52. The number of rotatable bonds is 9. The Labute approximate surface area is 202 Å². The first kappa shape index (κ1) is 41.0. The van der Waals surface area contributed by atoms with E-state index in [1.54, 1.807) is 0 Å². The van der Waals surface area contributed by atoms with E-state index in [1.165, 1.54) is 6.42 Å². The summed E-state index contributed by atoms with van der Waals surface area (Å²) in [4.78, 5) is 11.5. The minimum Gasteiger partial charge on any atom is -0.396 e. The maximum atomic E-state index is 11.5. The molecule has 0 radical (unpaired) electrons. The first-order valence-electron chi connectivity index (χ1n) is 12.0. The van der Waals surface area contributed by atoms with E-state index in [0.29, 0.717) is 31.5 Å². The average Bonchev–Trinajstić information content (AvgIpc) is 2.60. The van der Waals surface area contributed by atoms with Crippen LogP contribution in [0.15, 0.2) is 0 Å². The second-order valence-corrected chi connectivity index (χ2v) is 10.7. The topological polar surface area (TPSA) is 81.6 Å². The minimum absolute atomic E-state index is 0.00775. The summed E-state index contributed by atoms with van der Waals surface area (Å²) in [5.41, 5.74) is -0.0647. The van der Waals surface area contributed by atoms with E-state index in [2.05, 4.69) is 78.7 Å². The van der Waals surface area contributed by atoms with Crippen LogP contribution in [0.25, 0.3) is 0 Å². The molecule has 0 saturated heterocycles. The molecule has 0 atom stereocenters. The van der Waals surface area contributed by atoms with Crippen LogP contribution in [0.4, 0.5) is 0 Å². The molecule has 0 aliphatic rings. The Morgan fingerprint density at radius 2 is 1.35 bits per heavy atom. The third-order valence-corrected chi connectivity index (χ3v) is 3.43. The van der Waals surface area contributed by atoms with Crippen molar-refractivity contribution in [1.82, 2.24) is 10.6 Å². The van der Waals surface area contributed by atoms with Gasteiger partial charge in [-0.1, -0.05) is 89.5 Å². The van der Waals surface area contributed by atoms with Crippen molar-refractivity contribution in [2.45, 2.75) is 120 Å². The molecule has 0 bridgehead atoms. The Balaban J connectivity index is -0.000000116. The summed E-state index contributed by atoms with van der Waals surface area (Å²) in [5, 5.41) is 22.5. The smallest absolute Gasteiger partial charge is 0.220 e. The van der Waals surface area contributed by atoms with E-state index < -0.39 is 0 Å². The van der Waals surface area contributed by atoms with Crippen molar-refractivity contribution in [3.05, 3.63) is 0 Å². The molecule has 0 heterocycles. The van der Waals surface area contributed by atoms with E-state index in [-0.39, 0.29) is 22.7 Å². The summed E-state index contributed by atoms with van der Waals surface area (Å²) in [6.45, 7) is 25.5. The highest BCUT2D eigenvalue weighted by atomic mass is 32.1. The van der Waals surface area contributed by atoms with Crippen molar-refractivity contribution in [3.8, 4) is 0 Å². The van der Waals surface area contributed by atoms with Crippen molar-refractivity contribution >= 4 is 18.5 Å². The second-order valence-electron chi connectivity index (χ2n) is 9.46. The van der Waals surface area contributed by atoms with Gasteiger partial charge in [0.1, 0.15) is 0 Å². The summed E-state index contributed by atoms with van der Waals surface area (Å²) in [5.74, 6) is 0.640. The molecule has 0 spiro atoms. The molecule has 31 heavy (non-hydrogen) atoms. The standard InChI is InChI=1S/C11H23NO2S.C5H12O.C4H11N.C3H8.C2H6/c1-10(2,8-11(3,4)15)7-9(14)12-5-6-13;1-5(2)3-4-6;1-4(2)5-3;1-3-2;1-2/h13,15H,5-8H2,1-4H3,(H,12,14);5-6H,3-4H2,1-2H3;4-5H,1-3H3;3H2,1-2H3;1-2H3. The van der Waals surface area contributed by atoms with E-state index in [4.69, 9.17) is 10.2 Å². The van der Waals surface area contributed by atoms with Crippen LogP contribution in [0.5, 0.6) is 0 Å². The summed E-state index contributed by atoms with van der Waals surface area (Å²) < 4.78 is -0.0687. The van der Waals surface area contributed by atoms with Gasteiger partial charge in [0.2, 0.25) is 5.91 Å². The van der Waals surface area contributed by atoms with Gasteiger partial charge in [-0.3, -0.25) is 4.79 Å². The SMILES string of the molecule is CC.CC(C)(S)CC(C)(C)CC(=O)NCCO.CC(C)CCO.CCC.CNC(C)C. The molecule has 0 unspecified atom stereocenters. The largest absolute Gasteiger partial charge is 0.396 e. The van der Waals surface area contributed by atoms with Crippen LogP contribution < -0.4 is 10.6 Å². The molecule has 194 valence electrons. The van der Waals surface area contributed by atoms with Gasteiger partial charge in [-0.2, -0.15) is 12.6 Å². The van der Waals surface area contributed by atoms with Crippen LogP contribution in [0.3, 0.4) is 0 Å². The van der Waals surface area contributed by atoms with Gasteiger partial charge in [0.15, 0.2) is 0 Å². The van der Waals surface area contributed by atoms with Gasteiger partial charge in [0.05, 0.1) is 6.61 Å². The van der Waals surface area contributed by atoms with Gasteiger partial charge in [-0.25, -0.2) is 0 Å². The first-order valence-corrected chi connectivity index (χ1v) is 12.4. The number of carbonyl (C=O) groups excluding carboxylic acids is 1. The molecule has 5 nitrogen and oxygen atoms in total. The zero-order chi connectivity index (χ0) is 26.1. The lowest BCUT2D eigenvalue weighted by Crippen LogP contribution is -2.33. The Bertz CT molecular complexity index is 342. The fourth-order valence-corrected chi connectivity index (χ4v) is 2.61. The third-order valence-electron chi connectivity index (χ3n) is 3.27. The van der Waals surface area contributed by atoms with Crippen molar-refractivity contribution in [3.63, 3.8) is 0 Å². The van der Waals surface area contributed by atoms with Crippen molar-refractivity contribution in [2.75, 3.05) is 26.8 Å². The molecule has 4 N–H and O–H groups in total. The zero-order valence-electron chi connectivity index (χ0n) is 23.4. The lowest BCUT2D eigenvalue weighted by Gasteiger charge is -2.31. The normalized spacial score (nSPS) is 10.4. The van der Waals surface area contributed by atoms with E-state index in [9.17, 15) is 4.79 Å². The van der Waals surface area contributed by atoms with Crippen LogP contribution >= 0.6 is 12.6 Å². The fraction of sp³-hybridized carbons (Fsp3) is 0.960. The lowest BCUT2D eigenvalue weighted by molar-refractivity contribution is -0.123. The van der Waals surface area contributed by atoms with Gasteiger partial charge < -0.3 is 20.8 Å². The highest BCUT2D eigenvalue weighted by Crippen LogP contribution is 2.34. The van der Waals surface area contributed by atoms with Crippen LogP contribution in [-0.2, 0) is 4.79 Å². The number of amides is 1. The molecule has 0 aliphatic carbocycles. The monoisotopic (exact) mass is 468 g/mol. The molecule has 0 saturated carbocycles. The quantitative estimate of drug-likeness (QED) is 0.282. The zero-order valence-corrected chi connectivity index (χ0v) is 24.2. The molecule has 6 heteroatoms. The number of hydrogen-bond donors (Lipinski definition) is 5. The fourth-order valence-electron chi connectivity index (χ4n) is 2.18. The predicted molar refractivity (Wildman–Crippen MR) is 144 cm³/mol. The number of thiol groups is 1. The lowest BCUT2D eigenvalue weighted by atomic mass is 9.80. The van der Waals surface area contributed by atoms with Gasteiger partial charge in [-0.15, -0.1) is 0 Å². The highest BCUT2D eigenvalue weighted by Gasteiger charge is 2.28. The van der Waals surface area contributed by atoms with Crippen molar-refractivity contribution in [1.29, 1.82) is 0 Å². The summed E-state index contributed by atoms with van der Waals surface area (Å²) in [6, 6.07) is 0.634. The summed E-state index contributed by atoms with van der Waals surface area (Å²) >= 11 is 4.47. The second kappa shape index (κ2) is 27.7. The number of carbonyl (C=O) groups is 1. The van der Waals surface area contributed by atoms with Crippen LogP contribution in [0, 0.1) is 11.3 Å². The Morgan fingerprint density at radius 3 is 1.55 bits per heavy atom. The molecule has 0 aromatic carbocycles. The first-order chi connectivity index (χ1) is 14.1. The van der Waals surface area contributed by atoms with E-state index in [0.717, 1.165) is 12.8 Å². The van der Waals surface area contributed by atoms with Crippen molar-refractivity contribution in [2.24, 2.45) is 11.3 Å². The minimum atomic E-state index is -0.0687. The van der Waals surface area contributed by atoms with Crippen LogP contribution in [0.1, 0.15) is 109 Å². The van der Waals surface area contributed by atoms with Crippen molar-refractivity contribution < 1.29 is 15.0 Å². The maximum Gasteiger partial charge on any atom is 0.220 e. The molecule has 0 fully saturated rings. The van der Waals surface area contributed by atoms with Gasteiger partial charge in [-0.05, 0) is 31.2 Å². The van der Waals surface area contributed by atoms with E-state index >= 15 is 0 Å². The maximum absolute atomic E-state index is 11.5. The molecule has 0 rings (SSSR count). The molecule has 1 amide bonds. The molecule has 0 aromatic heterocycles. The number of nitrogens with one attached hydrogen (secondary N) is 2. The van der Waals surface area contributed by atoms with E-state index in [1.807, 2.05) is 34.7 Å². The van der Waals surface area contributed by atoms with Gasteiger partial charge >= 0.3 is 0 Å². The number of hydrogen-bond acceptors (Lipinski definition) is 5. The number of aliphatic hydroxyl groups is 2. The van der Waals surface area contributed by atoms with Crippen LogP contribution in [-0.4, -0.2) is 53.7 Å². The Kier molecular flexibility index (Phi) is 36.7. The van der Waals surface area contributed by atoms with Gasteiger partial charge in [0, 0.05) is 30.4 Å². The van der Waals surface area contributed by atoms with Gasteiger partial charge in [0.25, 0.3) is 0 Å². The Morgan fingerprint density at radius 1 is 0.968 bits per heavy atom.